The van der Waals surface area contributed by atoms with E-state index in [-0.39, 0.29) is 32.0 Å². The Bertz CT molecular complexity index is 1030. The number of likely N-dealkylation sites (N-methyl/N-ethyl adjacent to an activating group) is 1. The summed E-state index contributed by atoms with van der Waals surface area (Å²) in [5.74, 6) is -0.830. The minimum atomic E-state index is -4.62. The van der Waals surface area contributed by atoms with E-state index < -0.39 is 26.5 Å². The molecule has 0 amide bonds. The first kappa shape index (κ1) is 55.5. The molecule has 0 spiro atoms. The van der Waals surface area contributed by atoms with Crippen LogP contribution in [0.1, 0.15) is 213 Å². The highest BCUT2D eigenvalue weighted by molar-refractivity contribution is 7.45. The number of esters is 2. The number of quaternary nitrogens is 1. The average molecular weight is 828 g/mol. The van der Waals surface area contributed by atoms with Gasteiger partial charge in [-0.15, -0.1) is 0 Å². The Kier molecular flexibility index (Phi) is 38.9. The van der Waals surface area contributed by atoms with Crippen molar-refractivity contribution in [2.45, 2.75) is 219 Å². The van der Waals surface area contributed by atoms with Gasteiger partial charge in [0, 0.05) is 12.8 Å². The Morgan fingerprint density at radius 3 is 1.42 bits per heavy atom. The molecule has 10 heteroatoms. The highest BCUT2D eigenvalue weighted by Crippen LogP contribution is 2.38. The zero-order chi connectivity index (χ0) is 42.1. The van der Waals surface area contributed by atoms with Crippen LogP contribution in [0.3, 0.4) is 0 Å². The van der Waals surface area contributed by atoms with Gasteiger partial charge in [0.2, 0.25) is 0 Å². The summed E-state index contributed by atoms with van der Waals surface area (Å²) in [7, 11) is 1.17. The Hall–Kier alpha value is -1.51. The standard InChI is InChI=1S/C47H90NO8P/c1-6-8-10-12-14-16-18-20-22-23-24-25-26-28-29-31-33-35-37-39-46(49)53-43-45(44-55-57(51,52)54-42-41-48(3,4)5)56-47(50)40-38-36-34-32-30-27-21-19-17-15-13-11-9-7-2/h14,16,20,22,45H,6-13,15,17-19,21,23-44H2,1-5H3/b16-14-,22-20-/t45-/m1/s1. The normalized spacial score (nSPS) is 13.7. The molecule has 0 aliphatic carbocycles. The topological polar surface area (TPSA) is 111 Å². The first-order chi connectivity index (χ1) is 27.5. The van der Waals surface area contributed by atoms with Gasteiger partial charge in [-0.25, -0.2) is 0 Å². The summed E-state index contributed by atoms with van der Waals surface area (Å²) in [6.45, 7) is 4.22. The van der Waals surface area contributed by atoms with Gasteiger partial charge in [0.1, 0.15) is 19.8 Å². The van der Waals surface area contributed by atoms with E-state index in [2.05, 4.69) is 38.2 Å². The zero-order valence-electron chi connectivity index (χ0n) is 37.8. The number of carbonyl (C=O) groups excluding carboxylic acids is 2. The number of phosphoric ester groups is 1. The van der Waals surface area contributed by atoms with Crippen molar-refractivity contribution in [2.75, 3.05) is 47.5 Å². The predicted molar refractivity (Wildman–Crippen MR) is 236 cm³/mol. The van der Waals surface area contributed by atoms with Crippen LogP contribution >= 0.6 is 7.82 Å². The second-order valence-corrected chi connectivity index (χ2v) is 18.5. The van der Waals surface area contributed by atoms with Crippen LogP contribution in [0.25, 0.3) is 0 Å². The van der Waals surface area contributed by atoms with Gasteiger partial charge in [0.15, 0.2) is 6.10 Å². The maximum Gasteiger partial charge on any atom is 0.306 e. The predicted octanol–water partition coefficient (Wildman–Crippen LogP) is 12.9. The summed E-state index contributed by atoms with van der Waals surface area (Å²) in [6.07, 6.45) is 43.4. The van der Waals surface area contributed by atoms with Crippen LogP contribution in [0.5, 0.6) is 0 Å². The second-order valence-electron chi connectivity index (χ2n) is 17.1. The number of hydrogen-bond donors (Lipinski definition) is 0. The molecular weight excluding hydrogens is 737 g/mol. The molecule has 0 heterocycles. The van der Waals surface area contributed by atoms with E-state index in [9.17, 15) is 19.0 Å². The van der Waals surface area contributed by atoms with E-state index >= 15 is 0 Å². The van der Waals surface area contributed by atoms with Crippen LogP contribution in [0.2, 0.25) is 0 Å². The largest absolute Gasteiger partial charge is 0.756 e. The summed E-state index contributed by atoms with van der Waals surface area (Å²) in [5.41, 5.74) is 0. The van der Waals surface area contributed by atoms with E-state index in [0.29, 0.717) is 17.4 Å². The molecule has 0 aliphatic heterocycles. The van der Waals surface area contributed by atoms with Crippen LogP contribution in [-0.4, -0.2) is 70.0 Å². The first-order valence-corrected chi connectivity index (χ1v) is 25.0. The molecule has 2 atom stereocenters. The van der Waals surface area contributed by atoms with Crippen molar-refractivity contribution < 1.29 is 42.1 Å². The second kappa shape index (κ2) is 39.9. The smallest absolute Gasteiger partial charge is 0.306 e. The van der Waals surface area contributed by atoms with E-state index in [1.54, 1.807) is 0 Å². The molecule has 0 radical (unpaired) electrons. The van der Waals surface area contributed by atoms with E-state index in [1.807, 2.05) is 21.1 Å². The lowest BCUT2D eigenvalue weighted by atomic mass is 10.0. The summed E-state index contributed by atoms with van der Waals surface area (Å²) < 4.78 is 34.0. The van der Waals surface area contributed by atoms with Crippen molar-refractivity contribution in [3.8, 4) is 0 Å². The summed E-state index contributed by atoms with van der Waals surface area (Å²) >= 11 is 0. The molecular formula is C47H90NO8P. The average Bonchev–Trinajstić information content (AvgIpc) is 3.16. The maximum atomic E-state index is 12.7. The van der Waals surface area contributed by atoms with Crippen molar-refractivity contribution in [2.24, 2.45) is 0 Å². The zero-order valence-corrected chi connectivity index (χ0v) is 38.7. The van der Waals surface area contributed by atoms with Gasteiger partial charge in [-0.2, -0.15) is 0 Å². The molecule has 0 aliphatic rings. The Morgan fingerprint density at radius 2 is 0.947 bits per heavy atom. The summed E-state index contributed by atoms with van der Waals surface area (Å²) in [5, 5.41) is 0. The highest BCUT2D eigenvalue weighted by Gasteiger charge is 2.21. The number of rotatable bonds is 43. The van der Waals surface area contributed by atoms with Crippen molar-refractivity contribution in [3.05, 3.63) is 24.3 Å². The summed E-state index contributed by atoms with van der Waals surface area (Å²) in [6, 6.07) is 0. The molecule has 0 bridgehead atoms. The highest BCUT2D eigenvalue weighted by atomic mass is 31.2. The van der Waals surface area contributed by atoms with Crippen molar-refractivity contribution in [3.63, 3.8) is 0 Å². The van der Waals surface area contributed by atoms with Crippen molar-refractivity contribution in [1.29, 1.82) is 0 Å². The van der Waals surface area contributed by atoms with Gasteiger partial charge in [0.25, 0.3) is 7.82 Å². The third-order valence-electron chi connectivity index (χ3n) is 10.2. The molecule has 0 saturated heterocycles. The van der Waals surface area contributed by atoms with Gasteiger partial charge >= 0.3 is 11.9 Å². The molecule has 0 N–H and O–H groups in total. The van der Waals surface area contributed by atoms with Crippen molar-refractivity contribution >= 4 is 19.8 Å². The molecule has 0 aromatic heterocycles. The Morgan fingerprint density at radius 1 is 0.544 bits per heavy atom. The molecule has 1 unspecified atom stereocenters. The van der Waals surface area contributed by atoms with Crippen LogP contribution in [0.15, 0.2) is 24.3 Å². The Labute approximate surface area is 351 Å². The van der Waals surface area contributed by atoms with Crippen LogP contribution in [0, 0.1) is 0 Å². The SMILES string of the molecule is CCCCC/C=C\C/C=C\CCCCCCCCCCCC(=O)OC[C@H](COP(=O)([O-])OCC[N+](C)(C)C)OC(=O)CCCCCCCCCCCCCCCC. The number of ether oxygens (including phenoxy) is 2. The number of phosphoric acid groups is 1. The van der Waals surface area contributed by atoms with Gasteiger partial charge < -0.3 is 27.9 Å². The van der Waals surface area contributed by atoms with Gasteiger partial charge in [-0.05, 0) is 44.9 Å². The third-order valence-corrected chi connectivity index (χ3v) is 11.2. The number of carbonyl (C=O) groups is 2. The van der Waals surface area contributed by atoms with Crippen LogP contribution in [-0.2, 0) is 32.7 Å². The molecule has 0 aromatic carbocycles. The number of unbranched alkanes of at least 4 members (excludes halogenated alkanes) is 25. The fraction of sp³-hybridized carbons (Fsp3) is 0.872. The number of hydrogen-bond acceptors (Lipinski definition) is 8. The number of allylic oxidation sites excluding steroid dienone is 4. The molecule has 0 fully saturated rings. The quantitative estimate of drug-likeness (QED) is 0.0196. The fourth-order valence-corrected chi connectivity index (χ4v) is 7.24. The summed E-state index contributed by atoms with van der Waals surface area (Å²) in [4.78, 5) is 37.6. The molecule has 0 rings (SSSR count). The number of nitrogens with zero attached hydrogens (tertiary/aromatic N) is 1. The van der Waals surface area contributed by atoms with Gasteiger partial charge in [-0.1, -0.05) is 179 Å². The van der Waals surface area contributed by atoms with Crippen LogP contribution in [0.4, 0.5) is 0 Å². The maximum absolute atomic E-state index is 12.7. The lowest BCUT2D eigenvalue weighted by molar-refractivity contribution is -0.870. The first-order valence-electron chi connectivity index (χ1n) is 23.5. The van der Waals surface area contributed by atoms with Crippen LogP contribution < -0.4 is 4.89 Å². The lowest BCUT2D eigenvalue weighted by Crippen LogP contribution is -2.37. The van der Waals surface area contributed by atoms with E-state index in [4.69, 9.17) is 18.5 Å². The van der Waals surface area contributed by atoms with E-state index in [1.165, 1.54) is 141 Å². The molecule has 0 aromatic rings. The lowest BCUT2D eigenvalue weighted by Gasteiger charge is -2.28. The van der Waals surface area contributed by atoms with Crippen molar-refractivity contribution in [1.82, 2.24) is 0 Å². The minimum absolute atomic E-state index is 0.0293. The monoisotopic (exact) mass is 828 g/mol. The van der Waals surface area contributed by atoms with E-state index in [0.717, 1.165) is 38.5 Å². The fourth-order valence-electron chi connectivity index (χ4n) is 6.51. The minimum Gasteiger partial charge on any atom is -0.756 e. The van der Waals surface area contributed by atoms with Gasteiger partial charge in [0.05, 0.1) is 27.7 Å². The van der Waals surface area contributed by atoms with Gasteiger partial charge in [-0.3, -0.25) is 14.2 Å². The molecule has 336 valence electrons. The molecule has 0 saturated carbocycles. The third kappa shape index (κ3) is 43.9. The molecule has 9 nitrogen and oxygen atoms in total. The Balaban J connectivity index is 4.28. The molecule has 57 heavy (non-hydrogen) atoms.